The first-order valence-corrected chi connectivity index (χ1v) is 6.47. The predicted molar refractivity (Wildman–Crippen MR) is 76.8 cm³/mol. The molecule has 18 heavy (non-hydrogen) atoms. The predicted octanol–water partition coefficient (Wildman–Crippen LogP) is 2.67. The van der Waals surface area contributed by atoms with Gasteiger partial charge in [0.2, 0.25) is 0 Å². The van der Waals surface area contributed by atoms with E-state index in [1.54, 1.807) is 18.2 Å². The van der Waals surface area contributed by atoms with Crippen molar-refractivity contribution in [3.8, 4) is 0 Å². The van der Waals surface area contributed by atoms with Gasteiger partial charge >= 0.3 is 0 Å². The lowest BCUT2D eigenvalue weighted by Gasteiger charge is -2.18. The first kappa shape index (κ1) is 15.4. The number of rotatable bonds is 6. The highest BCUT2D eigenvalue weighted by Crippen LogP contribution is 2.21. The van der Waals surface area contributed by atoms with E-state index in [1.807, 2.05) is 26.0 Å². The van der Waals surface area contributed by atoms with Crippen LogP contribution in [0.4, 0.5) is 0 Å². The lowest BCUT2D eigenvalue weighted by molar-refractivity contribution is 0.0943. The fourth-order valence-electron chi connectivity index (χ4n) is 1.49. The molecule has 0 unspecified atom stereocenters. The Balaban J connectivity index is 2.62. The Kier molecular flexibility index (Phi) is 6.09. The normalized spacial score (nSPS) is 11.3. The number of carbonyl (C=O) groups excluding carboxylic acids is 1. The van der Waals surface area contributed by atoms with Gasteiger partial charge in [0.15, 0.2) is 5.78 Å². The Hall–Kier alpha value is -0.610. The van der Waals surface area contributed by atoms with E-state index in [0.717, 1.165) is 13.1 Å². The molecule has 1 aromatic rings. The van der Waals surface area contributed by atoms with Gasteiger partial charge in [-0.15, -0.1) is 0 Å². The topological polar surface area (TPSA) is 23.6 Å². The van der Waals surface area contributed by atoms with Crippen LogP contribution < -0.4 is 0 Å². The van der Waals surface area contributed by atoms with E-state index in [9.17, 15) is 4.79 Å². The molecule has 0 aliphatic heterocycles. The van der Waals surface area contributed by atoms with Crippen LogP contribution in [-0.4, -0.2) is 56.4 Å². The molecular formula is C13H18Cl2N2O. The summed E-state index contributed by atoms with van der Waals surface area (Å²) in [7, 11) is 5.92. The van der Waals surface area contributed by atoms with Gasteiger partial charge in [0.25, 0.3) is 0 Å². The van der Waals surface area contributed by atoms with Gasteiger partial charge in [-0.25, -0.2) is 0 Å². The largest absolute Gasteiger partial charge is 0.308 e. The molecule has 3 nitrogen and oxygen atoms in total. The molecule has 0 heterocycles. The SMILES string of the molecule is CN(C)CCN(C)CC(=O)c1cc(Cl)ccc1Cl. The highest BCUT2D eigenvalue weighted by molar-refractivity contribution is 6.36. The molecule has 0 saturated carbocycles. The van der Waals surface area contributed by atoms with Gasteiger partial charge in [0.1, 0.15) is 0 Å². The van der Waals surface area contributed by atoms with Crippen LogP contribution in [0.2, 0.25) is 10.0 Å². The zero-order valence-corrected chi connectivity index (χ0v) is 12.4. The standard InChI is InChI=1S/C13H18Cl2N2O/c1-16(2)6-7-17(3)9-13(18)11-8-10(14)4-5-12(11)15/h4-5,8H,6-7,9H2,1-3H3. The Morgan fingerprint density at radius 2 is 1.83 bits per heavy atom. The third-order valence-corrected chi connectivity index (χ3v) is 3.14. The summed E-state index contributed by atoms with van der Waals surface area (Å²) in [5, 5.41) is 0.976. The maximum atomic E-state index is 12.1. The second-order valence-corrected chi connectivity index (χ2v) is 5.43. The van der Waals surface area contributed by atoms with Crippen LogP contribution in [0.15, 0.2) is 18.2 Å². The van der Waals surface area contributed by atoms with Gasteiger partial charge in [-0.2, -0.15) is 0 Å². The minimum absolute atomic E-state index is 0.0104. The van der Waals surface area contributed by atoms with Crippen molar-refractivity contribution in [2.75, 3.05) is 40.8 Å². The summed E-state index contributed by atoms with van der Waals surface area (Å²) in [6.45, 7) is 2.08. The van der Waals surface area contributed by atoms with Crippen LogP contribution in [0.1, 0.15) is 10.4 Å². The van der Waals surface area contributed by atoms with Crippen molar-refractivity contribution in [3.63, 3.8) is 0 Å². The molecule has 0 radical (unpaired) electrons. The van der Waals surface area contributed by atoms with Crippen LogP contribution in [0.3, 0.4) is 0 Å². The van der Waals surface area contributed by atoms with E-state index in [0.29, 0.717) is 22.2 Å². The highest BCUT2D eigenvalue weighted by atomic mass is 35.5. The molecule has 0 aromatic heterocycles. The number of benzene rings is 1. The summed E-state index contributed by atoms with van der Waals surface area (Å²) in [5.74, 6) is -0.0104. The monoisotopic (exact) mass is 288 g/mol. The first-order valence-electron chi connectivity index (χ1n) is 5.71. The van der Waals surface area contributed by atoms with Crippen molar-refractivity contribution in [3.05, 3.63) is 33.8 Å². The summed E-state index contributed by atoms with van der Waals surface area (Å²) in [6.07, 6.45) is 0. The third-order valence-electron chi connectivity index (χ3n) is 2.57. The molecule has 0 aliphatic rings. The minimum Gasteiger partial charge on any atom is -0.308 e. The highest BCUT2D eigenvalue weighted by Gasteiger charge is 2.13. The van der Waals surface area contributed by atoms with Crippen molar-refractivity contribution >= 4 is 29.0 Å². The van der Waals surface area contributed by atoms with Crippen molar-refractivity contribution in [2.24, 2.45) is 0 Å². The number of hydrogen-bond donors (Lipinski definition) is 0. The Morgan fingerprint density at radius 1 is 1.17 bits per heavy atom. The number of halogens is 2. The average Bonchev–Trinajstić information content (AvgIpc) is 2.29. The van der Waals surface area contributed by atoms with Crippen LogP contribution in [0, 0.1) is 0 Å². The zero-order chi connectivity index (χ0) is 13.7. The molecule has 0 saturated heterocycles. The lowest BCUT2D eigenvalue weighted by atomic mass is 10.1. The summed E-state index contributed by atoms with van der Waals surface area (Å²) in [5.41, 5.74) is 0.487. The Bertz CT molecular complexity index is 421. The molecule has 0 fully saturated rings. The van der Waals surface area contributed by atoms with Gasteiger partial charge < -0.3 is 4.90 Å². The van der Waals surface area contributed by atoms with Gasteiger partial charge in [-0.3, -0.25) is 9.69 Å². The number of likely N-dealkylation sites (N-methyl/N-ethyl adjacent to an activating group) is 2. The lowest BCUT2D eigenvalue weighted by Crippen LogP contribution is -2.32. The number of hydrogen-bond acceptors (Lipinski definition) is 3. The smallest absolute Gasteiger partial charge is 0.178 e. The van der Waals surface area contributed by atoms with E-state index in [2.05, 4.69) is 4.90 Å². The van der Waals surface area contributed by atoms with Crippen molar-refractivity contribution in [1.82, 2.24) is 9.80 Å². The maximum absolute atomic E-state index is 12.1. The minimum atomic E-state index is -0.0104. The van der Waals surface area contributed by atoms with Crippen molar-refractivity contribution < 1.29 is 4.79 Å². The van der Waals surface area contributed by atoms with E-state index in [4.69, 9.17) is 23.2 Å². The molecular weight excluding hydrogens is 271 g/mol. The molecule has 100 valence electrons. The van der Waals surface area contributed by atoms with Gasteiger partial charge in [-0.1, -0.05) is 23.2 Å². The number of nitrogens with zero attached hydrogens (tertiary/aromatic N) is 2. The summed E-state index contributed by atoms with van der Waals surface area (Å²) in [6, 6.07) is 4.94. The third kappa shape index (κ3) is 4.94. The van der Waals surface area contributed by atoms with Crippen LogP contribution >= 0.6 is 23.2 Å². The maximum Gasteiger partial charge on any atom is 0.178 e. The molecule has 0 bridgehead atoms. The van der Waals surface area contributed by atoms with Gasteiger partial charge in [0, 0.05) is 23.7 Å². The molecule has 1 aromatic carbocycles. The summed E-state index contributed by atoms with van der Waals surface area (Å²) < 4.78 is 0. The molecule has 5 heteroatoms. The molecule has 0 aliphatic carbocycles. The van der Waals surface area contributed by atoms with Gasteiger partial charge in [0.05, 0.1) is 11.6 Å². The van der Waals surface area contributed by atoms with E-state index in [1.165, 1.54) is 0 Å². The number of Topliss-reactive ketones (excluding diaryl/α,β-unsaturated/α-hetero) is 1. The second kappa shape index (κ2) is 7.10. The fraction of sp³-hybridized carbons (Fsp3) is 0.462. The average molecular weight is 289 g/mol. The molecule has 0 N–H and O–H groups in total. The zero-order valence-electron chi connectivity index (χ0n) is 10.9. The number of ketones is 1. The number of carbonyl (C=O) groups is 1. The van der Waals surface area contributed by atoms with Crippen LogP contribution in [-0.2, 0) is 0 Å². The van der Waals surface area contributed by atoms with E-state index in [-0.39, 0.29) is 5.78 Å². The molecule has 0 atom stereocenters. The first-order chi connectivity index (χ1) is 8.40. The second-order valence-electron chi connectivity index (χ2n) is 4.59. The Labute approximate surface area is 118 Å². The Morgan fingerprint density at radius 3 is 2.44 bits per heavy atom. The quantitative estimate of drug-likeness (QED) is 0.752. The van der Waals surface area contributed by atoms with Crippen LogP contribution in [0.25, 0.3) is 0 Å². The van der Waals surface area contributed by atoms with Crippen molar-refractivity contribution in [2.45, 2.75) is 0 Å². The molecule has 0 spiro atoms. The van der Waals surface area contributed by atoms with Crippen LogP contribution in [0.5, 0.6) is 0 Å². The summed E-state index contributed by atoms with van der Waals surface area (Å²) in [4.78, 5) is 16.1. The van der Waals surface area contributed by atoms with E-state index < -0.39 is 0 Å². The van der Waals surface area contributed by atoms with Gasteiger partial charge in [-0.05, 0) is 39.3 Å². The fourth-order valence-corrected chi connectivity index (χ4v) is 1.89. The molecule has 1 rings (SSSR count). The van der Waals surface area contributed by atoms with E-state index >= 15 is 0 Å². The molecule has 0 amide bonds. The van der Waals surface area contributed by atoms with Crippen molar-refractivity contribution in [1.29, 1.82) is 0 Å². The summed E-state index contributed by atoms with van der Waals surface area (Å²) >= 11 is 11.9.